The number of rotatable bonds is 6. The van der Waals surface area contributed by atoms with E-state index in [1.54, 1.807) is 19.2 Å². The fourth-order valence-corrected chi connectivity index (χ4v) is 5.35. The van der Waals surface area contributed by atoms with Gasteiger partial charge in [0.15, 0.2) is 17.3 Å². The van der Waals surface area contributed by atoms with E-state index in [2.05, 4.69) is 27.2 Å². The summed E-state index contributed by atoms with van der Waals surface area (Å²) in [5.41, 5.74) is 0.625. The van der Waals surface area contributed by atoms with Crippen molar-refractivity contribution in [3.05, 3.63) is 47.2 Å². The van der Waals surface area contributed by atoms with Gasteiger partial charge < -0.3 is 19.7 Å². The second-order valence-corrected chi connectivity index (χ2v) is 9.36. The Morgan fingerprint density at radius 3 is 2.56 bits per heavy atom. The molecule has 1 aliphatic heterocycles. The minimum absolute atomic E-state index is 0. The van der Waals surface area contributed by atoms with Crippen LogP contribution in [-0.4, -0.2) is 48.7 Å². The lowest BCUT2D eigenvalue weighted by molar-refractivity contribution is 0.227. The van der Waals surface area contributed by atoms with E-state index in [0.29, 0.717) is 40.7 Å². The van der Waals surface area contributed by atoms with Crippen LogP contribution in [0.4, 0.5) is 20.3 Å². The van der Waals surface area contributed by atoms with E-state index in [4.69, 9.17) is 21.1 Å². The van der Waals surface area contributed by atoms with Crippen molar-refractivity contribution in [2.45, 2.75) is 12.8 Å². The van der Waals surface area contributed by atoms with Gasteiger partial charge in [-0.25, -0.2) is 18.7 Å². The van der Waals surface area contributed by atoms with E-state index < -0.39 is 16.7 Å². The highest BCUT2D eigenvalue weighted by Gasteiger charge is 2.39. The number of halogens is 4. The van der Waals surface area contributed by atoms with Gasteiger partial charge in [-0.15, -0.1) is 12.4 Å². The zero-order chi connectivity index (χ0) is 23.1. The van der Waals surface area contributed by atoms with Gasteiger partial charge in [0.2, 0.25) is 0 Å². The van der Waals surface area contributed by atoms with Crippen molar-refractivity contribution in [3.8, 4) is 11.5 Å². The molecule has 3 atom stereocenters. The number of likely N-dealkylation sites (tertiary alicyclic amines) is 1. The maximum atomic E-state index is 14.4. The Labute approximate surface area is 208 Å². The van der Waals surface area contributed by atoms with Crippen LogP contribution in [0.25, 0.3) is 10.9 Å². The smallest absolute Gasteiger partial charge is 0.168 e. The largest absolute Gasteiger partial charge is 0.493 e. The molecular formula is C24H26Cl2F2N4O2. The van der Waals surface area contributed by atoms with Crippen molar-refractivity contribution < 1.29 is 18.3 Å². The maximum absolute atomic E-state index is 14.4. The van der Waals surface area contributed by atoms with Crippen LogP contribution in [0.2, 0.25) is 5.02 Å². The summed E-state index contributed by atoms with van der Waals surface area (Å²) in [7, 11) is 3.76. The molecule has 182 valence electrons. The molecular weight excluding hydrogens is 485 g/mol. The molecule has 34 heavy (non-hydrogen) atoms. The number of nitrogens with zero attached hydrogens (tertiary/aromatic N) is 3. The predicted octanol–water partition coefficient (Wildman–Crippen LogP) is 5.70. The lowest BCUT2D eigenvalue weighted by Crippen LogP contribution is -2.18. The molecule has 2 aliphatic rings. The molecule has 0 bridgehead atoms. The molecule has 1 saturated carbocycles. The summed E-state index contributed by atoms with van der Waals surface area (Å²) in [5, 5.41) is 2.92. The van der Waals surface area contributed by atoms with Crippen molar-refractivity contribution in [3.63, 3.8) is 0 Å². The van der Waals surface area contributed by atoms with Crippen molar-refractivity contribution in [1.82, 2.24) is 14.9 Å². The molecule has 0 radical (unpaired) electrons. The van der Waals surface area contributed by atoms with E-state index in [0.717, 1.165) is 17.9 Å². The summed E-state index contributed by atoms with van der Waals surface area (Å²) in [6.07, 6.45) is 3.75. The molecule has 0 amide bonds. The maximum Gasteiger partial charge on any atom is 0.168 e. The van der Waals surface area contributed by atoms with Gasteiger partial charge >= 0.3 is 0 Å². The Hall–Kier alpha value is -2.42. The average Bonchev–Trinajstić information content (AvgIpc) is 3.34. The van der Waals surface area contributed by atoms with Crippen LogP contribution in [0.15, 0.2) is 30.6 Å². The van der Waals surface area contributed by atoms with Crippen molar-refractivity contribution in [1.29, 1.82) is 0 Å². The molecule has 2 aromatic carbocycles. The van der Waals surface area contributed by atoms with E-state index in [9.17, 15) is 8.78 Å². The summed E-state index contributed by atoms with van der Waals surface area (Å²) in [6, 6.07) is 5.93. The monoisotopic (exact) mass is 510 g/mol. The van der Waals surface area contributed by atoms with Crippen LogP contribution in [0.3, 0.4) is 0 Å². The molecule has 1 saturated heterocycles. The third kappa shape index (κ3) is 4.72. The van der Waals surface area contributed by atoms with E-state index in [-0.39, 0.29) is 18.1 Å². The van der Waals surface area contributed by atoms with Gasteiger partial charge in [-0.3, -0.25) is 0 Å². The Balaban J connectivity index is 0.00000274. The molecule has 10 heteroatoms. The van der Waals surface area contributed by atoms with Gasteiger partial charge in [-0.1, -0.05) is 11.6 Å². The highest BCUT2D eigenvalue weighted by Crippen LogP contribution is 2.42. The number of benzene rings is 2. The predicted molar refractivity (Wildman–Crippen MR) is 131 cm³/mol. The molecule has 2 unspecified atom stereocenters. The van der Waals surface area contributed by atoms with Gasteiger partial charge in [0.25, 0.3) is 0 Å². The standard InChI is InChI=1S/C24H25ClF2N4O2.ClH/c1-31-9-14-5-13(6-15(14)10-31)11-33-21-8-19-16(7-20(21)32-2)24(29-12-28-19)30-18-4-3-17(26)22(25)23(18)27;/h3-4,7-8,12-15H,5-6,9-11H2,1-2H3,(H,28,29,30);1H/t13?,14-,15?;/m1./s1. The summed E-state index contributed by atoms with van der Waals surface area (Å²) in [6.45, 7) is 2.98. The summed E-state index contributed by atoms with van der Waals surface area (Å²) >= 11 is 5.70. The van der Waals surface area contributed by atoms with Crippen molar-refractivity contribution in [2.75, 3.05) is 39.2 Å². The number of ether oxygens (including phenoxy) is 2. The van der Waals surface area contributed by atoms with Gasteiger partial charge in [0.05, 0.1) is 24.9 Å². The lowest BCUT2D eigenvalue weighted by atomic mass is 10.0. The number of nitrogens with one attached hydrogen (secondary N) is 1. The Kier molecular flexibility index (Phi) is 7.31. The van der Waals surface area contributed by atoms with Crippen molar-refractivity contribution in [2.24, 2.45) is 17.8 Å². The highest BCUT2D eigenvalue weighted by molar-refractivity contribution is 6.31. The van der Waals surface area contributed by atoms with Crippen LogP contribution < -0.4 is 14.8 Å². The van der Waals surface area contributed by atoms with E-state index in [1.165, 1.54) is 38.3 Å². The van der Waals surface area contributed by atoms with Crippen LogP contribution in [0.5, 0.6) is 11.5 Å². The quantitative estimate of drug-likeness (QED) is 0.429. The van der Waals surface area contributed by atoms with Crippen molar-refractivity contribution >= 4 is 46.4 Å². The summed E-state index contributed by atoms with van der Waals surface area (Å²) in [4.78, 5) is 11.0. The first kappa shape index (κ1) is 24.7. The SMILES string of the molecule is COc1cc2c(Nc3ccc(F)c(Cl)c3F)ncnc2cc1OCC1CC2CN(C)C[C@H]2C1.Cl. The van der Waals surface area contributed by atoms with E-state index >= 15 is 0 Å². The first-order valence-corrected chi connectivity index (χ1v) is 11.3. The fourth-order valence-electron chi connectivity index (χ4n) is 5.19. The van der Waals surface area contributed by atoms with Gasteiger partial charge in [0.1, 0.15) is 23.0 Å². The van der Waals surface area contributed by atoms with Crippen LogP contribution in [0, 0.1) is 29.4 Å². The third-order valence-corrected chi connectivity index (χ3v) is 7.06. The molecule has 2 heterocycles. The minimum Gasteiger partial charge on any atom is -0.493 e. The molecule has 1 N–H and O–H groups in total. The number of hydrogen-bond donors (Lipinski definition) is 1. The van der Waals surface area contributed by atoms with E-state index in [1.807, 2.05) is 0 Å². The van der Waals surface area contributed by atoms with Crippen LogP contribution in [0.1, 0.15) is 12.8 Å². The Bertz CT molecular complexity index is 1190. The second kappa shape index (κ2) is 10.1. The molecule has 2 fully saturated rings. The third-order valence-electron chi connectivity index (χ3n) is 6.71. The summed E-state index contributed by atoms with van der Waals surface area (Å²) < 4.78 is 39.6. The average molecular weight is 511 g/mol. The number of fused-ring (bicyclic) bond motifs is 2. The second-order valence-electron chi connectivity index (χ2n) is 8.98. The first-order valence-electron chi connectivity index (χ1n) is 11.0. The lowest BCUT2D eigenvalue weighted by Gasteiger charge is -2.17. The molecule has 0 spiro atoms. The van der Waals surface area contributed by atoms with Gasteiger partial charge in [-0.2, -0.15) is 0 Å². The molecule has 3 aromatic rings. The number of hydrogen-bond acceptors (Lipinski definition) is 6. The number of methoxy groups -OCH3 is 1. The summed E-state index contributed by atoms with van der Waals surface area (Å²) in [5.74, 6) is 1.85. The molecule has 5 rings (SSSR count). The molecule has 1 aromatic heterocycles. The van der Waals surface area contributed by atoms with Gasteiger partial charge in [-0.05, 0) is 55.8 Å². The molecule has 6 nitrogen and oxygen atoms in total. The zero-order valence-corrected chi connectivity index (χ0v) is 20.4. The zero-order valence-electron chi connectivity index (χ0n) is 18.9. The number of anilines is 2. The fraction of sp³-hybridized carbons (Fsp3) is 0.417. The van der Waals surface area contributed by atoms with Crippen LogP contribution in [-0.2, 0) is 0 Å². The van der Waals surface area contributed by atoms with Crippen LogP contribution >= 0.6 is 24.0 Å². The highest BCUT2D eigenvalue weighted by atomic mass is 35.5. The topological polar surface area (TPSA) is 59.5 Å². The minimum atomic E-state index is -0.886. The first-order chi connectivity index (χ1) is 15.9. The normalized spacial score (nSPS) is 21.9. The number of aromatic nitrogens is 2. The Morgan fingerprint density at radius 1 is 1.12 bits per heavy atom. The Morgan fingerprint density at radius 2 is 1.85 bits per heavy atom. The molecule has 1 aliphatic carbocycles. The van der Waals surface area contributed by atoms with Gasteiger partial charge in [0, 0.05) is 24.5 Å².